The zero-order valence-corrected chi connectivity index (χ0v) is 15.8. The normalized spacial score (nSPS) is 21.8. The van der Waals surface area contributed by atoms with Gasteiger partial charge in [0.1, 0.15) is 12.1 Å². The number of nitrogens with one attached hydrogen (secondary N) is 2. The van der Waals surface area contributed by atoms with Crippen LogP contribution in [0.3, 0.4) is 0 Å². The molecule has 2 N–H and O–H groups in total. The molecule has 7 heteroatoms. The quantitative estimate of drug-likeness (QED) is 0.751. The van der Waals surface area contributed by atoms with Gasteiger partial charge in [0.05, 0.1) is 0 Å². The van der Waals surface area contributed by atoms with Crippen LogP contribution in [-0.4, -0.2) is 35.3 Å². The molecule has 24 heavy (non-hydrogen) atoms. The number of rotatable bonds is 5. The van der Waals surface area contributed by atoms with Gasteiger partial charge < -0.3 is 10.6 Å². The lowest BCUT2D eigenvalue weighted by Gasteiger charge is -2.23. The van der Waals surface area contributed by atoms with Crippen LogP contribution in [-0.2, 0) is 15.1 Å². The second-order valence-corrected chi connectivity index (χ2v) is 7.47. The van der Waals surface area contributed by atoms with E-state index in [-0.39, 0.29) is 24.4 Å². The molecule has 1 aromatic rings. The third-order valence-corrected chi connectivity index (χ3v) is 4.86. The van der Waals surface area contributed by atoms with Gasteiger partial charge in [0.15, 0.2) is 0 Å². The Labute approximate surface area is 150 Å². The van der Waals surface area contributed by atoms with Crippen molar-refractivity contribution in [3.63, 3.8) is 0 Å². The van der Waals surface area contributed by atoms with E-state index in [4.69, 9.17) is 0 Å². The Balaban J connectivity index is 2.15. The van der Waals surface area contributed by atoms with Crippen LogP contribution in [0.25, 0.3) is 0 Å². The Morgan fingerprint density at radius 3 is 2.58 bits per heavy atom. The zero-order valence-electron chi connectivity index (χ0n) is 14.2. The van der Waals surface area contributed by atoms with Crippen LogP contribution >= 0.6 is 15.9 Å². The number of carbonyl (C=O) groups is 3. The minimum atomic E-state index is -1.18. The van der Waals surface area contributed by atoms with Crippen LogP contribution in [0.4, 0.5) is 4.79 Å². The van der Waals surface area contributed by atoms with Gasteiger partial charge in [-0.25, -0.2) is 4.79 Å². The highest BCUT2D eigenvalue weighted by molar-refractivity contribution is 9.10. The molecule has 1 fully saturated rings. The molecule has 2 rings (SSSR count). The van der Waals surface area contributed by atoms with E-state index in [1.54, 1.807) is 25.1 Å². The lowest BCUT2D eigenvalue weighted by Crippen LogP contribution is -2.46. The molecule has 0 radical (unpaired) electrons. The van der Waals surface area contributed by atoms with E-state index < -0.39 is 17.5 Å². The second kappa shape index (κ2) is 6.93. The molecule has 0 aromatic heterocycles. The number of urea groups is 1. The summed E-state index contributed by atoms with van der Waals surface area (Å²) in [4.78, 5) is 38.0. The van der Waals surface area contributed by atoms with Gasteiger partial charge in [-0.05, 0) is 37.5 Å². The van der Waals surface area contributed by atoms with Crippen molar-refractivity contribution in [2.24, 2.45) is 5.92 Å². The summed E-state index contributed by atoms with van der Waals surface area (Å²) >= 11 is 3.36. The molecule has 4 amide bonds. The molecule has 1 aromatic carbocycles. The summed E-state index contributed by atoms with van der Waals surface area (Å²) in [6.07, 6.45) is 0. The molecule has 0 spiro atoms. The smallest absolute Gasteiger partial charge is 0.325 e. The van der Waals surface area contributed by atoms with Gasteiger partial charge in [0.25, 0.3) is 5.91 Å². The summed E-state index contributed by atoms with van der Waals surface area (Å²) in [5.41, 5.74) is -0.515. The maximum absolute atomic E-state index is 12.8. The highest BCUT2D eigenvalue weighted by Crippen LogP contribution is 2.30. The Morgan fingerprint density at radius 2 is 2.00 bits per heavy atom. The number of hydrogen-bond donors (Lipinski definition) is 2. The van der Waals surface area contributed by atoms with Crippen LogP contribution in [0, 0.1) is 5.92 Å². The monoisotopic (exact) mass is 395 g/mol. The van der Waals surface area contributed by atoms with Gasteiger partial charge in [-0.1, -0.05) is 41.9 Å². The highest BCUT2D eigenvalue weighted by Gasteiger charge is 2.49. The van der Waals surface area contributed by atoms with Gasteiger partial charge in [-0.15, -0.1) is 0 Å². The van der Waals surface area contributed by atoms with Crippen LogP contribution in [0.5, 0.6) is 0 Å². The summed E-state index contributed by atoms with van der Waals surface area (Å²) in [5.74, 6) is -0.514. The molecule has 0 saturated carbocycles. The maximum Gasteiger partial charge on any atom is 0.325 e. The van der Waals surface area contributed by atoms with Crippen molar-refractivity contribution >= 4 is 33.8 Å². The average Bonchev–Trinajstić information content (AvgIpc) is 2.71. The van der Waals surface area contributed by atoms with Crippen LogP contribution in [0.1, 0.15) is 33.3 Å². The molecular formula is C17H22BrN3O3. The van der Waals surface area contributed by atoms with E-state index >= 15 is 0 Å². The lowest BCUT2D eigenvalue weighted by atomic mass is 9.92. The fourth-order valence-corrected chi connectivity index (χ4v) is 2.84. The van der Waals surface area contributed by atoms with Crippen molar-refractivity contribution in [3.8, 4) is 0 Å². The average molecular weight is 396 g/mol. The van der Waals surface area contributed by atoms with Crippen LogP contribution in [0.15, 0.2) is 28.7 Å². The lowest BCUT2D eigenvalue weighted by molar-refractivity contribution is -0.135. The van der Waals surface area contributed by atoms with E-state index in [1.807, 2.05) is 26.8 Å². The zero-order chi connectivity index (χ0) is 18.1. The second-order valence-electron chi connectivity index (χ2n) is 6.56. The Kier molecular flexibility index (Phi) is 5.32. The molecule has 6 nitrogen and oxygen atoms in total. The predicted molar refractivity (Wildman–Crippen MR) is 94.2 cm³/mol. The van der Waals surface area contributed by atoms with Gasteiger partial charge in [-0.2, -0.15) is 0 Å². The predicted octanol–water partition coefficient (Wildman–Crippen LogP) is 2.38. The SMILES string of the molecule is CC(C)[C@@H](C)NC(=O)CN1C(=O)N[C@](C)(c2cccc(Br)c2)C1=O. The maximum atomic E-state index is 12.8. The van der Waals surface area contributed by atoms with Gasteiger partial charge in [0.2, 0.25) is 5.91 Å². The van der Waals surface area contributed by atoms with Gasteiger partial charge in [-0.3, -0.25) is 14.5 Å². The van der Waals surface area contributed by atoms with Crippen molar-refractivity contribution in [1.29, 1.82) is 0 Å². The Morgan fingerprint density at radius 1 is 1.33 bits per heavy atom. The first-order chi connectivity index (χ1) is 11.1. The van der Waals surface area contributed by atoms with Crippen molar-refractivity contribution in [2.45, 2.75) is 39.3 Å². The van der Waals surface area contributed by atoms with E-state index in [1.165, 1.54) is 0 Å². The molecule has 0 bridgehead atoms. The standard InChI is InChI=1S/C17H22BrN3O3/c1-10(2)11(3)19-14(22)9-21-15(23)17(4,20-16(21)24)12-6-5-7-13(18)8-12/h5-8,10-11H,9H2,1-4H3,(H,19,22)(H,20,24)/t11-,17-/m1/s1. The van der Waals surface area contributed by atoms with E-state index in [0.29, 0.717) is 5.56 Å². The fourth-order valence-electron chi connectivity index (χ4n) is 2.45. The molecule has 130 valence electrons. The number of hydrogen-bond acceptors (Lipinski definition) is 3. The Hall–Kier alpha value is -1.89. The van der Waals surface area contributed by atoms with E-state index in [2.05, 4.69) is 26.6 Å². The summed E-state index contributed by atoms with van der Waals surface area (Å²) < 4.78 is 0.810. The highest BCUT2D eigenvalue weighted by atomic mass is 79.9. The van der Waals surface area contributed by atoms with Crippen molar-refractivity contribution in [2.75, 3.05) is 6.54 Å². The fraction of sp³-hybridized carbons (Fsp3) is 0.471. The van der Waals surface area contributed by atoms with E-state index in [9.17, 15) is 14.4 Å². The molecule has 0 aliphatic carbocycles. The largest absolute Gasteiger partial charge is 0.352 e. The van der Waals surface area contributed by atoms with Crippen molar-refractivity contribution in [3.05, 3.63) is 34.3 Å². The minimum Gasteiger partial charge on any atom is -0.352 e. The third-order valence-electron chi connectivity index (χ3n) is 4.37. The molecule has 1 heterocycles. The van der Waals surface area contributed by atoms with Crippen LogP contribution in [0.2, 0.25) is 0 Å². The first-order valence-electron chi connectivity index (χ1n) is 7.84. The topological polar surface area (TPSA) is 78.5 Å². The number of benzene rings is 1. The summed E-state index contributed by atoms with van der Waals surface area (Å²) in [7, 11) is 0. The molecule has 2 atom stereocenters. The van der Waals surface area contributed by atoms with Crippen molar-refractivity contribution < 1.29 is 14.4 Å². The summed E-state index contributed by atoms with van der Waals surface area (Å²) in [5, 5.41) is 5.49. The number of halogens is 1. The van der Waals surface area contributed by atoms with Gasteiger partial charge in [0, 0.05) is 10.5 Å². The molecule has 1 saturated heterocycles. The number of imide groups is 1. The molecule has 1 aliphatic heterocycles. The minimum absolute atomic E-state index is 0.0327. The number of carbonyl (C=O) groups excluding carboxylic acids is 3. The molecular weight excluding hydrogens is 374 g/mol. The molecule has 1 aliphatic rings. The van der Waals surface area contributed by atoms with Gasteiger partial charge >= 0.3 is 6.03 Å². The number of amides is 4. The summed E-state index contributed by atoms with van der Waals surface area (Å²) in [6, 6.07) is 6.59. The van der Waals surface area contributed by atoms with Crippen LogP contribution < -0.4 is 10.6 Å². The summed E-state index contributed by atoms with van der Waals surface area (Å²) in [6.45, 7) is 7.22. The Bertz CT molecular complexity index is 677. The number of nitrogens with zero attached hydrogens (tertiary/aromatic N) is 1. The first kappa shape index (κ1) is 18.4. The first-order valence-corrected chi connectivity index (χ1v) is 8.64. The molecule has 0 unspecified atom stereocenters. The van der Waals surface area contributed by atoms with E-state index in [0.717, 1.165) is 9.37 Å². The van der Waals surface area contributed by atoms with Crippen molar-refractivity contribution in [1.82, 2.24) is 15.5 Å². The third kappa shape index (κ3) is 3.61.